The number of nitrogens with one attached hydrogen (secondary N) is 1. The van der Waals surface area contributed by atoms with Gasteiger partial charge in [-0.25, -0.2) is 9.98 Å². The zero-order valence-corrected chi connectivity index (χ0v) is 16.6. The number of alkyl halides is 3. The zero-order valence-electron chi connectivity index (χ0n) is 16.6. The van der Waals surface area contributed by atoms with Crippen molar-refractivity contribution >= 4 is 5.96 Å². The van der Waals surface area contributed by atoms with Gasteiger partial charge in [-0.15, -0.1) is 0 Å². The Morgan fingerprint density at radius 3 is 2.76 bits per heavy atom. The zero-order chi connectivity index (χ0) is 20.7. The standard InChI is InChI=1S/C19H28F3N5O2/c1-2-23-18(27-6-5-16(13-27)26-7-9-28-10-8-26)25-12-15-3-4-17(24-11-15)29-14-19(20,21)22/h3-4,11,16H,2,5-10,12-14H2,1H3,(H,23,25). The Labute approximate surface area is 168 Å². The summed E-state index contributed by atoms with van der Waals surface area (Å²) in [7, 11) is 0. The number of likely N-dealkylation sites (tertiary alicyclic amines) is 1. The first-order chi connectivity index (χ1) is 13.9. The van der Waals surface area contributed by atoms with Crippen molar-refractivity contribution in [2.45, 2.75) is 32.1 Å². The number of hydrogen-bond donors (Lipinski definition) is 1. The van der Waals surface area contributed by atoms with Crippen LogP contribution in [0.3, 0.4) is 0 Å². The summed E-state index contributed by atoms with van der Waals surface area (Å²) in [4.78, 5) is 13.4. The van der Waals surface area contributed by atoms with Crippen molar-refractivity contribution < 1.29 is 22.6 Å². The maximum absolute atomic E-state index is 12.2. The molecule has 7 nitrogen and oxygen atoms in total. The highest BCUT2D eigenvalue weighted by Gasteiger charge is 2.30. The van der Waals surface area contributed by atoms with Crippen LogP contribution in [0, 0.1) is 0 Å². The summed E-state index contributed by atoms with van der Waals surface area (Å²) >= 11 is 0. The number of rotatable bonds is 6. The van der Waals surface area contributed by atoms with Crippen LogP contribution in [-0.4, -0.2) is 85.5 Å². The van der Waals surface area contributed by atoms with Gasteiger partial charge in [0.1, 0.15) is 0 Å². The molecule has 2 saturated heterocycles. The van der Waals surface area contributed by atoms with E-state index in [0.717, 1.165) is 63.9 Å². The number of aliphatic imine (C=N–C) groups is 1. The Hall–Kier alpha value is -2.07. The summed E-state index contributed by atoms with van der Waals surface area (Å²) < 4.78 is 46.7. The number of nitrogens with zero attached hydrogens (tertiary/aromatic N) is 4. The largest absolute Gasteiger partial charge is 0.468 e. The van der Waals surface area contributed by atoms with E-state index >= 15 is 0 Å². The van der Waals surface area contributed by atoms with Gasteiger partial charge in [0.25, 0.3) is 0 Å². The molecule has 29 heavy (non-hydrogen) atoms. The van der Waals surface area contributed by atoms with E-state index in [4.69, 9.17) is 4.74 Å². The van der Waals surface area contributed by atoms with E-state index in [1.165, 1.54) is 12.3 Å². The van der Waals surface area contributed by atoms with Crippen LogP contribution in [0.15, 0.2) is 23.3 Å². The Morgan fingerprint density at radius 2 is 2.10 bits per heavy atom. The van der Waals surface area contributed by atoms with E-state index in [-0.39, 0.29) is 5.88 Å². The van der Waals surface area contributed by atoms with Crippen LogP contribution in [0.4, 0.5) is 13.2 Å². The molecule has 2 fully saturated rings. The molecule has 2 aliphatic rings. The molecule has 0 saturated carbocycles. The molecule has 0 amide bonds. The van der Waals surface area contributed by atoms with E-state index in [1.54, 1.807) is 6.07 Å². The summed E-state index contributed by atoms with van der Waals surface area (Å²) in [5.41, 5.74) is 0.809. The van der Waals surface area contributed by atoms with Gasteiger partial charge >= 0.3 is 6.18 Å². The van der Waals surface area contributed by atoms with E-state index in [9.17, 15) is 13.2 Å². The molecule has 1 atom stereocenters. The molecule has 0 bridgehead atoms. The van der Waals surface area contributed by atoms with Gasteiger partial charge in [-0.1, -0.05) is 6.07 Å². The number of halogens is 3. The second-order valence-corrected chi connectivity index (χ2v) is 7.12. The smallest absolute Gasteiger partial charge is 0.422 e. The molecule has 0 spiro atoms. The highest BCUT2D eigenvalue weighted by Crippen LogP contribution is 2.19. The topological polar surface area (TPSA) is 62.2 Å². The summed E-state index contributed by atoms with van der Waals surface area (Å²) in [5.74, 6) is 0.801. The van der Waals surface area contributed by atoms with Gasteiger partial charge in [0.2, 0.25) is 5.88 Å². The number of hydrogen-bond acceptors (Lipinski definition) is 5. The molecule has 1 unspecified atom stereocenters. The molecule has 1 N–H and O–H groups in total. The molecule has 0 aliphatic carbocycles. The highest BCUT2D eigenvalue weighted by molar-refractivity contribution is 5.80. The predicted octanol–water partition coefficient (Wildman–Crippen LogP) is 1.89. The van der Waals surface area contributed by atoms with Gasteiger partial charge in [0, 0.05) is 51.0 Å². The van der Waals surface area contributed by atoms with Crippen molar-refractivity contribution in [3.05, 3.63) is 23.9 Å². The van der Waals surface area contributed by atoms with Crippen LogP contribution in [-0.2, 0) is 11.3 Å². The molecular formula is C19H28F3N5O2. The van der Waals surface area contributed by atoms with Gasteiger partial charge in [-0.2, -0.15) is 13.2 Å². The lowest BCUT2D eigenvalue weighted by atomic mass is 10.2. The molecule has 10 heteroatoms. The second-order valence-electron chi connectivity index (χ2n) is 7.12. The van der Waals surface area contributed by atoms with Crippen molar-refractivity contribution in [2.75, 3.05) is 52.5 Å². The third-order valence-electron chi connectivity index (χ3n) is 4.95. The summed E-state index contributed by atoms with van der Waals surface area (Å²) in [6.07, 6.45) is -1.78. The fourth-order valence-electron chi connectivity index (χ4n) is 3.51. The summed E-state index contributed by atoms with van der Waals surface area (Å²) in [5, 5.41) is 3.33. The molecule has 3 rings (SSSR count). The van der Waals surface area contributed by atoms with Crippen molar-refractivity contribution in [2.24, 2.45) is 4.99 Å². The molecule has 2 aliphatic heterocycles. The lowest BCUT2D eigenvalue weighted by Crippen LogP contribution is -2.46. The fraction of sp³-hybridized carbons (Fsp3) is 0.684. The van der Waals surface area contributed by atoms with E-state index in [0.29, 0.717) is 12.6 Å². The Morgan fingerprint density at radius 1 is 1.31 bits per heavy atom. The summed E-state index contributed by atoms with van der Waals surface area (Å²) in [6, 6.07) is 3.63. The first-order valence-electron chi connectivity index (χ1n) is 9.94. The van der Waals surface area contributed by atoms with E-state index < -0.39 is 12.8 Å². The maximum Gasteiger partial charge on any atom is 0.422 e. The highest BCUT2D eigenvalue weighted by atomic mass is 19.4. The fourth-order valence-corrected chi connectivity index (χ4v) is 3.51. The van der Waals surface area contributed by atoms with Crippen LogP contribution in [0.2, 0.25) is 0 Å². The molecule has 0 aromatic carbocycles. The molecule has 1 aromatic heterocycles. The van der Waals surface area contributed by atoms with Crippen molar-refractivity contribution in [3.63, 3.8) is 0 Å². The third kappa shape index (κ3) is 6.74. The van der Waals surface area contributed by atoms with Crippen molar-refractivity contribution in [3.8, 4) is 5.88 Å². The monoisotopic (exact) mass is 415 g/mol. The average molecular weight is 415 g/mol. The van der Waals surface area contributed by atoms with Crippen LogP contribution >= 0.6 is 0 Å². The summed E-state index contributed by atoms with van der Waals surface area (Å²) in [6.45, 7) is 7.24. The predicted molar refractivity (Wildman–Crippen MR) is 103 cm³/mol. The Kier molecular flexibility index (Phi) is 7.54. The van der Waals surface area contributed by atoms with Crippen LogP contribution in [0.1, 0.15) is 18.9 Å². The Bertz CT molecular complexity index is 663. The minimum Gasteiger partial charge on any atom is -0.468 e. The average Bonchev–Trinajstić information content (AvgIpc) is 3.20. The van der Waals surface area contributed by atoms with Gasteiger partial charge in [0.15, 0.2) is 12.6 Å². The molecule has 162 valence electrons. The normalized spacial score (nSPS) is 21.4. The van der Waals surface area contributed by atoms with Crippen molar-refractivity contribution in [1.29, 1.82) is 0 Å². The van der Waals surface area contributed by atoms with Gasteiger partial charge < -0.3 is 19.7 Å². The number of ether oxygens (including phenoxy) is 2. The number of aromatic nitrogens is 1. The van der Waals surface area contributed by atoms with E-state index in [1.807, 2.05) is 6.92 Å². The van der Waals surface area contributed by atoms with Crippen molar-refractivity contribution in [1.82, 2.24) is 20.1 Å². The molecule has 0 radical (unpaired) electrons. The molecular weight excluding hydrogens is 387 g/mol. The number of guanidine groups is 1. The van der Waals surface area contributed by atoms with Crippen LogP contribution in [0.25, 0.3) is 0 Å². The Balaban J connectivity index is 1.55. The minimum absolute atomic E-state index is 0.0464. The quantitative estimate of drug-likeness (QED) is 0.566. The lowest BCUT2D eigenvalue weighted by Gasteiger charge is -2.32. The second kappa shape index (κ2) is 10.1. The van der Waals surface area contributed by atoms with Gasteiger partial charge in [-0.3, -0.25) is 4.90 Å². The van der Waals surface area contributed by atoms with Gasteiger partial charge in [-0.05, 0) is 18.9 Å². The van der Waals surface area contributed by atoms with E-state index in [2.05, 4.69) is 29.8 Å². The number of pyridine rings is 1. The van der Waals surface area contributed by atoms with Crippen LogP contribution in [0.5, 0.6) is 5.88 Å². The molecule has 3 heterocycles. The first-order valence-corrected chi connectivity index (χ1v) is 9.94. The third-order valence-corrected chi connectivity index (χ3v) is 4.95. The number of morpholine rings is 1. The SMILES string of the molecule is CCNC(=NCc1ccc(OCC(F)(F)F)nc1)N1CCC(N2CCOCC2)C1. The lowest BCUT2D eigenvalue weighted by molar-refractivity contribution is -0.154. The van der Waals surface area contributed by atoms with Gasteiger partial charge in [0.05, 0.1) is 19.8 Å². The first kappa shape index (κ1) is 21.6. The maximum atomic E-state index is 12.2. The van der Waals surface area contributed by atoms with Crippen LogP contribution < -0.4 is 10.1 Å². The molecule has 1 aromatic rings. The minimum atomic E-state index is -4.37.